The number of hydrogen-bond donors (Lipinski definition) is 1. The molecule has 2 aromatic heterocycles. The van der Waals surface area contributed by atoms with Gasteiger partial charge in [-0.25, -0.2) is 4.98 Å². The number of amides is 1. The summed E-state index contributed by atoms with van der Waals surface area (Å²) in [5.41, 5.74) is 2.86. The minimum absolute atomic E-state index is 0.0774. The molecule has 1 amide bonds. The van der Waals surface area contributed by atoms with E-state index in [2.05, 4.69) is 24.1 Å². The fourth-order valence-electron chi connectivity index (χ4n) is 2.85. The first-order valence-corrected chi connectivity index (χ1v) is 9.53. The summed E-state index contributed by atoms with van der Waals surface area (Å²) in [6.45, 7) is 8.47. The van der Waals surface area contributed by atoms with Crippen molar-refractivity contribution in [2.24, 2.45) is 0 Å². The SMILES string of the molecule is Cc1sc2ncn(CCC(=O)Nc3cccc(C(C)C)c3)c(=O)c2c1C. The third-order valence-corrected chi connectivity index (χ3v) is 5.69. The topological polar surface area (TPSA) is 64.0 Å². The number of aryl methyl sites for hydroxylation is 3. The Hall–Kier alpha value is -2.47. The average Bonchev–Trinajstić information content (AvgIpc) is 2.89. The minimum Gasteiger partial charge on any atom is -0.326 e. The third kappa shape index (κ3) is 3.70. The minimum atomic E-state index is -0.115. The van der Waals surface area contributed by atoms with Gasteiger partial charge < -0.3 is 5.32 Å². The van der Waals surface area contributed by atoms with E-state index in [1.165, 1.54) is 27.8 Å². The van der Waals surface area contributed by atoms with E-state index in [0.29, 0.717) is 17.8 Å². The van der Waals surface area contributed by atoms with E-state index in [1.54, 1.807) is 0 Å². The molecule has 0 radical (unpaired) electrons. The molecule has 1 aromatic carbocycles. The number of rotatable bonds is 5. The van der Waals surface area contributed by atoms with E-state index in [1.807, 2.05) is 38.1 Å². The van der Waals surface area contributed by atoms with Gasteiger partial charge in [-0.3, -0.25) is 14.2 Å². The van der Waals surface area contributed by atoms with Crippen molar-refractivity contribution in [1.29, 1.82) is 0 Å². The number of carbonyl (C=O) groups excluding carboxylic acids is 1. The normalized spacial score (nSPS) is 11.3. The number of anilines is 1. The quantitative estimate of drug-likeness (QED) is 0.732. The van der Waals surface area contributed by atoms with E-state index in [0.717, 1.165) is 21.0 Å². The molecule has 0 saturated heterocycles. The number of benzene rings is 1. The number of carbonyl (C=O) groups is 1. The largest absolute Gasteiger partial charge is 0.326 e. The molecule has 6 heteroatoms. The molecule has 3 rings (SSSR count). The molecule has 0 aliphatic heterocycles. The van der Waals surface area contributed by atoms with Crippen LogP contribution in [0.25, 0.3) is 10.2 Å². The maximum atomic E-state index is 12.7. The molecule has 26 heavy (non-hydrogen) atoms. The van der Waals surface area contributed by atoms with Gasteiger partial charge in [-0.1, -0.05) is 26.0 Å². The van der Waals surface area contributed by atoms with E-state index >= 15 is 0 Å². The first-order chi connectivity index (χ1) is 12.4. The second-order valence-electron chi connectivity index (χ2n) is 6.78. The standard InChI is InChI=1S/C20H23N3O2S/c1-12(2)15-6-5-7-16(10-15)22-17(24)8-9-23-11-21-19-18(20(23)25)13(3)14(4)26-19/h5-7,10-12H,8-9H2,1-4H3,(H,22,24). The maximum absolute atomic E-state index is 12.7. The van der Waals surface area contributed by atoms with Crippen molar-refractivity contribution in [2.75, 3.05) is 5.32 Å². The molecule has 0 saturated carbocycles. The van der Waals surface area contributed by atoms with Crippen molar-refractivity contribution in [3.8, 4) is 0 Å². The number of fused-ring (bicyclic) bond motifs is 1. The molecule has 0 spiro atoms. The summed E-state index contributed by atoms with van der Waals surface area (Å²) in [5, 5.41) is 3.57. The van der Waals surface area contributed by atoms with Gasteiger partial charge in [0, 0.05) is 23.5 Å². The lowest BCUT2D eigenvalue weighted by Crippen LogP contribution is -2.23. The highest BCUT2D eigenvalue weighted by atomic mass is 32.1. The predicted molar refractivity (Wildman–Crippen MR) is 107 cm³/mol. The van der Waals surface area contributed by atoms with Crippen LogP contribution in [0.4, 0.5) is 5.69 Å². The van der Waals surface area contributed by atoms with E-state index in [9.17, 15) is 9.59 Å². The lowest BCUT2D eigenvalue weighted by Gasteiger charge is -2.10. The lowest BCUT2D eigenvalue weighted by atomic mass is 10.0. The number of nitrogens with zero attached hydrogens (tertiary/aromatic N) is 2. The maximum Gasteiger partial charge on any atom is 0.262 e. The van der Waals surface area contributed by atoms with Crippen molar-refractivity contribution < 1.29 is 4.79 Å². The molecule has 5 nitrogen and oxygen atoms in total. The summed E-state index contributed by atoms with van der Waals surface area (Å²) in [6, 6.07) is 7.85. The summed E-state index contributed by atoms with van der Waals surface area (Å²) in [4.78, 5) is 31.1. The molecule has 0 unspecified atom stereocenters. The molecule has 3 aromatic rings. The van der Waals surface area contributed by atoms with Crippen molar-refractivity contribution in [3.63, 3.8) is 0 Å². The van der Waals surface area contributed by atoms with Gasteiger partial charge in [0.2, 0.25) is 5.91 Å². The Morgan fingerprint density at radius 3 is 2.81 bits per heavy atom. The molecule has 1 N–H and O–H groups in total. The summed E-state index contributed by atoms with van der Waals surface area (Å²) in [5.74, 6) is 0.289. The second kappa shape index (κ2) is 7.41. The molecule has 0 bridgehead atoms. The van der Waals surface area contributed by atoms with Crippen molar-refractivity contribution in [1.82, 2.24) is 9.55 Å². The van der Waals surface area contributed by atoms with Gasteiger partial charge in [-0.15, -0.1) is 11.3 Å². The van der Waals surface area contributed by atoms with Gasteiger partial charge >= 0.3 is 0 Å². The average molecular weight is 369 g/mol. The van der Waals surface area contributed by atoms with Gasteiger partial charge in [0.05, 0.1) is 11.7 Å². The smallest absolute Gasteiger partial charge is 0.262 e. The second-order valence-corrected chi connectivity index (χ2v) is 7.99. The fraction of sp³-hybridized carbons (Fsp3) is 0.350. The van der Waals surface area contributed by atoms with Crippen LogP contribution in [0.2, 0.25) is 0 Å². The molecule has 0 atom stereocenters. The highest BCUT2D eigenvalue weighted by Crippen LogP contribution is 2.25. The van der Waals surface area contributed by atoms with Gasteiger partial charge in [-0.05, 0) is 43.0 Å². The van der Waals surface area contributed by atoms with Gasteiger partial charge in [0.15, 0.2) is 0 Å². The highest BCUT2D eigenvalue weighted by Gasteiger charge is 2.13. The van der Waals surface area contributed by atoms with Crippen LogP contribution in [0, 0.1) is 13.8 Å². The molecule has 136 valence electrons. The van der Waals surface area contributed by atoms with Crippen molar-refractivity contribution in [2.45, 2.75) is 46.6 Å². The van der Waals surface area contributed by atoms with Crippen LogP contribution in [0.15, 0.2) is 35.4 Å². The van der Waals surface area contributed by atoms with Gasteiger partial charge in [-0.2, -0.15) is 0 Å². The predicted octanol–water partition coefficient (Wildman–Crippen LogP) is 4.23. The van der Waals surface area contributed by atoms with Crippen LogP contribution in [-0.4, -0.2) is 15.5 Å². The van der Waals surface area contributed by atoms with E-state index in [-0.39, 0.29) is 17.9 Å². The Morgan fingerprint density at radius 2 is 2.08 bits per heavy atom. The lowest BCUT2D eigenvalue weighted by molar-refractivity contribution is -0.116. The molecule has 0 aliphatic rings. The molecular formula is C20H23N3O2S. The third-order valence-electron chi connectivity index (χ3n) is 4.57. The number of hydrogen-bond acceptors (Lipinski definition) is 4. The monoisotopic (exact) mass is 369 g/mol. The Bertz CT molecular complexity index is 1020. The highest BCUT2D eigenvalue weighted by molar-refractivity contribution is 7.18. The summed E-state index contributed by atoms with van der Waals surface area (Å²) in [6.07, 6.45) is 1.76. The summed E-state index contributed by atoms with van der Waals surface area (Å²) >= 11 is 1.53. The Balaban J connectivity index is 1.71. The van der Waals surface area contributed by atoms with Crippen LogP contribution >= 0.6 is 11.3 Å². The Labute approximate surface area is 156 Å². The van der Waals surface area contributed by atoms with Crippen LogP contribution in [0.3, 0.4) is 0 Å². The first kappa shape index (κ1) is 18.3. The van der Waals surface area contributed by atoms with Crippen LogP contribution in [0.1, 0.15) is 42.2 Å². The van der Waals surface area contributed by atoms with Gasteiger partial charge in [0.25, 0.3) is 5.56 Å². The van der Waals surface area contributed by atoms with E-state index in [4.69, 9.17) is 0 Å². The zero-order valence-electron chi connectivity index (χ0n) is 15.5. The number of thiophene rings is 1. The van der Waals surface area contributed by atoms with Crippen molar-refractivity contribution in [3.05, 3.63) is 57.0 Å². The van der Waals surface area contributed by atoms with Crippen LogP contribution in [0.5, 0.6) is 0 Å². The fourth-order valence-corrected chi connectivity index (χ4v) is 3.84. The number of aromatic nitrogens is 2. The number of nitrogens with one attached hydrogen (secondary N) is 1. The van der Waals surface area contributed by atoms with Gasteiger partial charge in [0.1, 0.15) is 4.83 Å². The Kier molecular flexibility index (Phi) is 5.23. The Morgan fingerprint density at radius 1 is 1.31 bits per heavy atom. The van der Waals surface area contributed by atoms with Crippen molar-refractivity contribution >= 4 is 33.1 Å². The van der Waals surface area contributed by atoms with Crippen LogP contribution < -0.4 is 10.9 Å². The molecular weight excluding hydrogens is 346 g/mol. The van der Waals surface area contributed by atoms with Crippen LogP contribution in [-0.2, 0) is 11.3 Å². The van der Waals surface area contributed by atoms with E-state index < -0.39 is 0 Å². The first-order valence-electron chi connectivity index (χ1n) is 8.71. The molecule has 0 fully saturated rings. The summed E-state index contributed by atoms with van der Waals surface area (Å²) < 4.78 is 1.52. The summed E-state index contributed by atoms with van der Waals surface area (Å²) in [7, 11) is 0. The zero-order valence-corrected chi connectivity index (χ0v) is 16.3. The molecule has 0 aliphatic carbocycles. The zero-order chi connectivity index (χ0) is 18.8. The molecule has 2 heterocycles.